The molecule has 3 rings (SSSR count). The molecule has 0 bridgehead atoms. The van der Waals surface area contributed by atoms with Crippen molar-refractivity contribution >= 4 is 35.1 Å². The first-order chi connectivity index (χ1) is 16.1. The van der Waals surface area contributed by atoms with Crippen molar-refractivity contribution in [2.24, 2.45) is 0 Å². The second kappa shape index (κ2) is 11.1. The molecule has 2 N–H and O–H groups in total. The monoisotopic (exact) mass is 489 g/mol. The highest BCUT2D eigenvalue weighted by molar-refractivity contribution is 7.98. The van der Waals surface area contributed by atoms with Gasteiger partial charge in [0, 0.05) is 23.8 Å². The molecule has 0 spiro atoms. The van der Waals surface area contributed by atoms with Crippen molar-refractivity contribution in [3.8, 4) is 0 Å². The van der Waals surface area contributed by atoms with Crippen LogP contribution in [0.1, 0.15) is 21.5 Å². The predicted octanol–water partition coefficient (Wildman–Crippen LogP) is 4.54. The Morgan fingerprint density at radius 1 is 1.00 bits per heavy atom. The number of carbonyl (C=O) groups is 2. The summed E-state index contributed by atoms with van der Waals surface area (Å²) in [5, 5.41) is 5.79. The number of nitrogens with zero attached hydrogens (tertiary/aromatic N) is 3. The molecule has 0 atom stereocenters. The second-order valence-corrected chi connectivity index (χ2v) is 8.47. The van der Waals surface area contributed by atoms with Crippen LogP contribution in [0.15, 0.2) is 66.0 Å². The van der Waals surface area contributed by atoms with Gasteiger partial charge in [-0.05, 0) is 68.2 Å². The van der Waals surface area contributed by atoms with Gasteiger partial charge < -0.3 is 15.5 Å². The Bertz CT molecular complexity index is 1150. The molecule has 178 valence electrons. The molecule has 3 aromatic rings. The predicted molar refractivity (Wildman–Crippen MR) is 125 cm³/mol. The second-order valence-electron chi connectivity index (χ2n) is 7.51. The van der Waals surface area contributed by atoms with Gasteiger partial charge in [0.15, 0.2) is 0 Å². The number of rotatable bonds is 8. The summed E-state index contributed by atoms with van der Waals surface area (Å²) in [6, 6.07) is 11.0. The fraction of sp³-hybridized carbons (Fsp3) is 0.217. The maximum absolute atomic E-state index is 12.7. The van der Waals surface area contributed by atoms with E-state index < -0.39 is 17.6 Å². The third kappa shape index (κ3) is 7.29. The number of carbonyl (C=O) groups excluding carboxylic acids is 2. The molecule has 34 heavy (non-hydrogen) atoms. The fourth-order valence-electron chi connectivity index (χ4n) is 2.87. The third-order valence-electron chi connectivity index (χ3n) is 4.41. The number of thioether (sulfide) groups is 1. The molecular weight excluding hydrogens is 467 g/mol. The van der Waals surface area contributed by atoms with Crippen LogP contribution in [0.3, 0.4) is 0 Å². The first-order valence-corrected chi connectivity index (χ1v) is 11.1. The lowest BCUT2D eigenvalue weighted by molar-refractivity contribution is -0.137. The van der Waals surface area contributed by atoms with Crippen molar-refractivity contribution in [1.82, 2.24) is 14.9 Å². The Hall–Kier alpha value is -3.44. The van der Waals surface area contributed by atoms with Gasteiger partial charge in [-0.2, -0.15) is 13.2 Å². The molecule has 0 unspecified atom stereocenters. The topological polar surface area (TPSA) is 87.2 Å². The number of likely N-dealkylation sites (N-methyl/N-ethyl adjacent to an activating group) is 1. The number of hydrogen-bond donors (Lipinski definition) is 2. The van der Waals surface area contributed by atoms with Crippen LogP contribution in [0.5, 0.6) is 0 Å². The zero-order valence-corrected chi connectivity index (χ0v) is 19.2. The molecule has 0 radical (unpaired) electrons. The fourth-order valence-corrected chi connectivity index (χ4v) is 3.81. The van der Waals surface area contributed by atoms with Crippen LogP contribution in [0.25, 0.3) is 0 Å². The number of amides is 2. The van der Waals surface area contributed by atoms with Crippen molar-refractivity contribution in [3.05, 3.63) is 77.6 Å². The summed E-state index contributed by atoms with van der Waals surface area (Å²) in [5.41, 5.74) is 0.601. The Balaban J connectivity index is 1.66. The third-order valence-corrected chi connectivity index (χ3v) is 5.49. The first kappa shape index (κ1) is 25.2. The van der Waals surface area contributed by atoms with E-state index in [9.17, 15) is 22.8 Å². The summed E-state index contributed by atoms with van der Waals surface area (Å²) < 4.78 is 38.2. The van der Waals surface area contributed by atoms with Crippen molar-refractivity contribution in [2.45, 2.75) is 17.0 Å². The summed E-state index contributed by atoms with van der Waals surface area (Å²) >= 11 is 1.31. The molecule has 0 aliphatic carbocycles. The number of pyridine rings is 2. The molecule has 1 aromatic carbocycles. The minimum Gasteiger partial charge on any atom is -0.322 e. The molecule has 0 aliphatic rings. The molecular formula is C23H22F3N5O2S. The zero-order chi connectivity index (χ0) is 24.7. The highest BCUT2D eigenvalue weighted by Gasteiger charge is 2.30. The quantitative estimate of drug-likeness (QED) is 0.452. The van der Waals surface area contributed by atoms with Gasteiger partial charge in [-0.25, -0.2) is 9.97 Å². The van der Waals surface area contributed by atoms with E-state index in [0.717, 1.165) is 17.7 Å². The van der Waals surface area contributed by atoms with Gasteiger partial charge >= 0.3 is 6.18 Å². The minimum absolute atomic E-state index is 0.186. The standard InChI is InChI=1S/C23H22F3N5O2S/c1-31(2)13-20(32)30-19-12-15(9-11-27-19)14-34-22-18(4-3-10-28-22)21(33)29-17-7-5-16(6-8-17)23(24,25)26/h3-12H,13-14H2,1-2H3,(H,29,33)(H,27,30,32). The number of aromatic nitrogens is 2. The van der Waals surface area contributed by atoms with Crippen LogP contribution in [-0.2, 0) is 16.7 Å². The van der Waals surface area contributed by atoms with E-state index in [1.54, 1.807) is 55.7 Å². The van der Waals surface area contributed by atoms with Gasteiger partial charge in [0.2, 0.25) is 5.91 Å². The van der Waals surface area contributed by atoms with Gasteiger partial charge in [-0.3, -0.25) is 9.59 Å². The molecule has 0 fully saturated rings. The summed E-state index contributed by atoms with van der Waals surface area (Å²) in [4.78, 5) is 34.8. The summed E-state index contributed by atoms with van der Waals surface area (Å²) in [6.07, 6.45) is -1.31. The van der Waals surface area contributed by atoms with E-state index >= 15 is 0 Å². The Morgan fingerprint density at radius 3 is 2.41 bits per heavy atom. The van der Waals surface area contributed by atoms with Gasteiger partial charge in [0.1, 0.15) is 10.8 Å². The number of hydrogen-bond acceptors (Lipinski definition) is 6. The summed E-state index contributed by atoms with van der Waals surface area (Å²) in [5.74, 6) is 0.207. The highest BCUT2D eigenvalue weighted by Crippen LogP contribution is 2.30. The van der Waals surface area contributed by atoms with E-state index in [0.29, 0.717) is 22.2 Å². The summed E-state index contributed by atoms with van der Waals surface area (Å²) in [7, 11) is 3.58. The lowest BCUT2D eigenvalue weighted by atomic mass is 10.2. The molecule has 2 aromatic heterocycles. The van der Waals surface area contributed by atoms with E-state index in [-0.39, 0.29) is 18.1 Å². The minimum atomic E-state index is -4.45. The lowest BCUT2D eigenvalue weighted by Crippen LogP contribution is -2.27. The van der Waals surface area contributed by atoms with Crippen molar-refractivity contribution in [3.63, 3.8) is 0 Å². The van der Waals surface area contributed by atoms with Crippen molar-refractivity contribution in [1.29, 1.82) is 0 Å². The number of benzene rings is 1. The van der Waals surface area contributed by atoms with Crippen LogP contribution in [0, 0.1) is 0 Å². The smallest absolute Gasteiger partial charge is 0.322 e. The largest absolute Gasteiger partial charge is 0.416 e. The number of halogens is 3. The Morgan fingerprint density at radius 2 is 1.74 bits per heavy atom. The number of alkyl halides is 3. The van der Waals surface area contributed by atoms with E-state index in [2.05, 4.69) is 20.6 Å². The normalized spacial score (nSPS) is 11.4. The van der Waals surface area contributed by atoms with Crippen LogP contribution in [-0.4, -0.2) is 47.3 Å². The summed E-state index contributed by atoms with van der Waals surface area (Å²) in [6.45, 7) is 0.228. The zero-order valence-electron chi connectivity index (χ0n) is 18.4. The van der Waals surface area contributed by atoms with Gasteiger partial charge in [-0.1, -0.05) is 0 Å². The molecule has 11 heteroatoms. The average molecular weight is 490 g/mol. The Labute approximate surface area is 198 Å². The number of anilines is 2. The van der Waals surface area contributed by atoms with Crippen molar-refractivity contribution < 1.29 is 22.8 Å². The Kier molecular flexibility index (Phi) is 8.24. The number of nitrogens with one attached hydrogen (secondary N) is 2. The molecule has 0 saturated carbocycles. The molecule has 0 saturated heterocycles. The van der Waals surface area contributed by atoms with E-state index in [1.165, 1.54) is 23.9 Å². The van der Waals surface area contributed by atoms with Gasteiger partial charge in [-0.15, -0.1) is 11.8 Å². The van der Waals surface area contributed by atoms with Crippen molar-refractivity contribution in [2.75, 3.05) is 31.3 Å². The van der Waals surface area contributed by atoms with E-state index in [4.69, 9.17) is 0 Å². The molecule has 2 amide bonds. The van der Waals surface area contributed by atoms with Gasteiger partial charge in [0.05, 0.1) is 17.7 Å². The maximum Gasteiger partial charge on any atom is 0.416 e. The average Bonchev–Trinajstić information content (AvgIpc) is 2.77. The van der Waals surface area contributed by atoms with Crippen LogP contribution < -0.4 is 10.6 Å². The van der Waals surface area contributed by atoms with Crippen LogP contribution in [0.2, 0.25) is 0 Å². The molecule has 2 heterocycles. The van der Waals surface area contributed by atoms with Gasteiger partial charge in [0.25, 0.3) is 5.91 Å². The van der Waals surface area contributed by atoms with E-state index in [1.807, 2.05) is 0 Å². The highest BCUT2D eigenvalue weighted by atomic mass is 32.2. The lowest BCUT2D eigenvalue weighted by Gasteiger charge is -2.11. The van der Waals surface area contributed by atoms with Crippen LogP contribution >= 0.6 is 11.8 Å². The van der Waals surface area contributed by atoms with Crippen LogP contribution in [0.4, 0.5) is 24.7 Å². The molecule has 0 aliphatic heterocycles. The molecule has 7 nitrogen and oxygen atoms in total. The SMILES string of the molecule is CN(C)CC(=O)Nc1cc(CSc2ncccc2C(=O)Nc2ccc(C(F)(F)F)cc2)ccn1. The maximum atomic E-state index is 12.7. The first-order valence-electron chi connectivity index (χ1n) is 10.1.